The number of anilines is 2. The summed E-state index contributed by atoms with van der Waals surface area (Å²) in [7, 11) is 2.97. The summed E-state index contributed by atoms with van der Waals surface area (Å²) >= 11 is 2.08. The first-order chi connectivity index (χ1) is 20.7. The largest absolute Gasteiger partial charge is 0.504 e. The molecule has 1 aromatic heterocycles. The van der Waals surface area contributed by atoms with Gasteiger partial charge in [-0.2, -0.15) is 0 Å². The highest BCUT2D eigenvalue weighted by molar-refractivity contribution is 8.00. The van der Waals surface area contributed by atoms with Crippen LogP contribution in [0.15, 0.2) is 76.6 Å². The van der Waals surface area contributed by atoms with Crippen LogP contribution >= 0.6 is 23.1 Å². The fourth-order valence-corrected chi connectivity index (χ4v) is 8.24. The van der Waals surface area contributed by atoms with Crippen LogP contribution in [0.1, 0.15) is 21.9 Å². The van der Waals surface area contributed by atoms with Crippen molar-refractivity contribution < 1.29 is 29.0 Å². The lowest BCUT2D eigenvalue weighted by atomic mass is 9.83. The molecule has 2 N–H and O–H groups in total. The average molecular weight is 618 g/mol. The minimum atomic E-state index is -0.837. The second kappa shape index (κ2) is 11.3. The second-order valence-electron chi connectivity index (χ2n) is 10.2. The van der Waals surface area contributed by atoms with Gasteiger partial charge in [0.15, 0.2) is 11.5 Å². The normalized spacial score (nSPS) is 19.1. The van der Waals surface area contributed by atoms with Crippen LogP contribution in [0.4, 0.5) is 11.4 Å². The number of carbonyl (C=O) groups excluding carboxylic acids is 3. The molecule has 12 heteroatoms. The highest BCUT2D eigenvalue weighted by Crippen LogP contribution is 2.54. The van der Waals surface area contributed by atoms with E-state index in [1.54, 1.807) is 55.6 Å². The molecule has 3 atom stereocenters. The van der Waals surface area contributed by atoms with Crippen molar-refractivity contribution in [2.75, 3.05) is 24.4 Å². The van der Waals surface area contributed by atoms with E-state index in [1.807, 2.05) is 19.1 Å². The van der Waals surface area contributed by atoms with E-state index in [-0.39, 0.29) is 28.8 Å². The number of carbonyl (C=O) groups is 3. The number of ether oxygens (including phenoxy) is 2. The smallest absolute Gasteiger partial charge is 0.308 e. The summed E-state index contributed by atoms with van der Waals surface area (Å²) in [5, 5.41) is 12.7. The number of hydrogen-bond donors (Lipinski definition) is 2. The molecule has 3 aromatic carbocycles. The number of benzene rings is 3. The first-order valence-electron chi connectivity index (χ1n) is 13.4. The number of aromatic hydroxyl groups is 1. The van der Waals surface area contributed by atoms with Gasteiger partial charge in [0.05, 0.1) is 30.9 Å². The van der Waals surface area contributed by atoms with Crippen molar-refractivity contribution in [3.8, 4) is 17.2 Å². The van der Waals surface area contributed by atoms with Crippen LogP contribution in [0.25, 0.3) is 0 Å². The van der Waals surface area contributed by atoms with Gasteiger partial charge in [0.1, 0.15) is 17.5 Å². The third-order valence-electron chi connectivity index (χ3n) is 7.58. The lowest BCUT2D eigenvalue weighted by molar-refractivity contribution is -0.122. The zero-order valence-electron chi connectivity index (χ0n) is 23.4. The number of rotatable bonds is 7. The number of amides is 3. The number of aryl methyl sites for hydroxylation is 1. The Morgan fingerprint density at radius 3 is 2.35 bits per heavy atom. The molecule has 10 nitrogen and oxygen atoms in total. The standard InChI is InChI=1S/C31H27N3O7S2/c1-16-4-9-19(10-5-16)34-28(37)25-24(17-6-13-21(35)22(14-17)41-3)27-30(42-26(25)29(34)38)33(31(39)43-27)15-23(36)32-18-7-11-20(40-2)12-8-18/h4-14,24-26,35H,15H2,1-3H3,(H,32,36). The molecule has 2 aliphatic rings. The van der Waals surface area contributed by atoms with Crippen molar-refractivity contribution >= 4 is 52.2 Å². The molecular weight excluding hydrogens is 590 g/mol. The van der Waals surface area contributed by atoms with Gasteiger partial charge in [-0.15, -0.1) is 0 Å². The Hall–Kier alpha value is -4.55. The van der Waals surface area contributed by atoms with E-state index >= 15 is 0 Å². The van der Waals surface area contributed by atoms with Gasteiger partial charge < -0.3 is 19.9 Å². The Labute approximate surface area is 254 Å². The summed E-state index contributed by atoms with van der Waals surface area (Å²) in [6, 6.07) is 18.7. The highest BCUT2D eigenvalue weighted by atomic mass is 32.2. The molecule has 1 saturated heterocycles. The van der Waals surface area contributed by atoms with E-state index in [1.165, 1.54) is 22.6 Å². The fraction of sp³-hybridized carbons (Fsp3) is 0.226. The number of aromatic nitrogens is 1. The van der Waals surface area contributed by atoms with Crippen molar-refractivity contribution in [3.63, 3.8) is 0 Å². The number of fused-ring (bicyclic) bond motifs is 2. The summed E-state index contributed by atoms with van der Waals surface area (Å²) in [6.45, 7) is 1.64. The van der Waals surface area contributed by atoms with E-state index in [9.17, 15) is 24.3 Å². The van der Waals surface area contributed by atoms with Crippen LogP contribution in [-0.4, -0.2) is 46.9 Å². The number of thiazole rings is 1. The van der Waals surface area contributed by atoms with Crippen LogP contribution in [0, 0.1) is 12.8 Å². The van der Waals surface area contributed by atoms with E-state index in [0.29, 0.717) is 32.6 Å². The van der Waals surface area contributed by atoms with Gasteiger partial charge in [0.2, 0.25) is 17.7 Å². The molecule has 1 fully saturated rings. The van der Waals surface area contributed by atoms with E-state index in [0.717, 1.165) is 28.7 Å². The third-order valence-corrected chi connectivity index (χ3v) is 10.2. The van der Waals surface area contributed by atoms with Crippen LogP contribution in [0.5, 0.6) is 17.2 Å². The van der Waals surface area contributed by atoms with Crippen molar-refractivity contribution in [3.05, 3.63) is 92.4 Å². The van der Waals surface area contributed by atoms with Gasteiger partial charge in [-0.3, -0.25) is 23.7 Å². The Morgan fingerprint density at radius 2 is 1.67 bits per heavy atom. The number of imide groups is 1. The maximum absolute atomic E-state index is 14.0. The van der Waals surface area contributed by atoms with E-state index < -0.39 is 28.9 Å². The zero-order valence-corrected chi connectivity index (χ0v) is 25.0. The molecule has 3 unspecified atom stereocenters. The maximum atomic E-state index is 14.0. The molecule has 0 radical (unpaired) electrons. The van der Waals surface area contributed by atoms with Gasteiger partial charge in [0.25, 0.3) is 0 Å². The maximum Gasteiger partial charge on any atom is 0.308 e. The van der Waals surface area contributed by atoms with Gasteiger partial charge in [-0.1, -0.05) is 46.9 Å². The lowest BCUT2D eigenvalue weighted by Gasteiger charge is -2.31. The minimum absolute atomic E-state index is 0.0794. The number of nitrogens with zero attached hydrogens (tertiary/aromatic N) is 2. The Balaban J connectivity index is 1.41. The second-order valence-corrected chi connectivity index (χ2v) is 12.3. The SMILES string of the molecule is COc1ccc(NC(=O)Cn2c3c(sc2=O)C(c2ccc(O)c(OC)c2)C2C(=O)N(c4ccc(C)cc4)C(=O)C2S3)cc1. The minimum Gasteiger partial charge on any atom is -0.504 e. The van der Waals surface area contributed by atoms with Crippen LogP contribution in [0.3, 0.4) is 0 Å². The van der Waals surface area contributed by atoms with Gasteiger partial charge in [-0.25, -0.2) is 4.90 Å². The van der Waals surface area contributed by atoms with Crippen molar-refractivity contribution in [2.45, 2.75) is 29.7 Å². The molecule has 3 amide bonds. The highest BCUT2D eigenvalue weighted by Gasteiger charge is 2.57. The average Bonchev–Trinajstić information content (AvgIpc) is 3.44. The fourth-order valence-electron chi connectivity index (χ4n) is 5.47. The molecule has 4 aromatic rings. The van der Waals surface area contributed by atoms with Crippen molar-refractivity contribution in [1.29, 1.82) is 0 Å². The predicted octanol–water partition coefficient (Wildman–Crippen LogP) is 4.38. The number of methoxy groups -OCH3 is 2. The summed E-state index contributed by atoms with van der Waals surface area (Å²) < 4.78 is 11.9. The molecule has 2 aliphatic heterocycles. The Kier molecular flexibility index (Phi) is 7.49. The number of phenols is 1. The first kappa shape index (κ1) is 28.6. The van der Waals surface area contributed by atoms with E-state index in [2.05, 4.69) is 5.32 Å². The lowest BCUT2D eigenvalue weighted by Crippen LogP contribution is -2.33. The van der Waals surface area contributed by atoms with Crippen LogP contribution < -0.4 is 24.6 Å². The number of hydrogen-bond acceptors (Lipinski definition) is 9. The van der Waals surface area contributed by atoms with Crippen molar-refractivity contribution in [2.24, 2.45) is 5.92 Å². The molecular formula is C31H27N3O7S2. The Bertz CT molecular complexity index is 1800. The van der Waals surface area contributed by atoms with E-state index in [4.69, 9.17) is 9.47 Å². The first-order valence-corrected chi connectivity index (χ1v) is 15.0. The Morgan fingerprint density at radius 1 is 0.953 bits per heavy atom. The molecule has 0 bridgehead atoms. The summed E-state index contributed by atoms with van der Waals surface area (Å²) in [6.07, 6.45) is 0. The summed E-state index contributed by atoms with van der Waals surface area (Å²) in [4.78, 5) is 55.7. The monoisotopic (exact) mass is 617 g/mol. The van der Waals surface area contributed by atoms with Gasteiger partial charge in [-0.05, 0) is 61.0 Å². The van der Waals surface area contributed by atoms with Gasteiger partial charge >= 0.3 is 4.87 Å². The topological polar surface area (TPSA) is 127 Å². The van der Waals surface area contributed by atoms with Crippen LogP contribution in [0.2, 0.25) is 0 Å². The quantitative estimate of drug-likeness (QED) is 0.293. The van der Waals surface area contributed by atoms with Crippen molar-refractivity contribution in [1.82, 2.24) is 4.57 Å². The molecule has 43 heavy (non-hydrogen) atoms. The molecule has 0 aliphatic carbocycles. The summed E-state index contributed by atoms with van der Waals surface area (Å²) in [5.74, 6) is -1.94. The molecule has 3 heterocycles. The molecule has 0 spiro atoms. The molecule has 220 valence electrons. The molecule has 0 saturated carbocycles. The third kappa shape index (κ3) is 5.06. The molecule has 6 rings (SSSR count). The zero-order chi connectivity index (χ0) is 30.4. The number of phenolic OH excluding ortho intramolecular Hbond substituents is 1. The van der Waals surface area contributed by atoms with Crippen LogP contribution in [-0.2, 0) is 20.9 Å². The number of nitrogens with one attached hydrogen (secondary N) is 1. The number of thioether (sulfide) groups is 1. The summed E-state index contributed by atoms with van der Waals surface area (Å²) in [5.41, 5.74) is 2.60. The predicted molar refractivity (Wildman–Crippen MR) is 164 cm³/mol. The van der Waals surface area contributed by atoms with Gasteiger partial charge in [0, 0.05) is 16.5 Å².